The van der Waals surface area contributed by atoms with Gasteiger partial charge in [-0.05, 0) is 38.4 Å². The van der Waals surface area contributed by atoms with Crippen molar-refractivity contribution in [3.05, 3.63) is 42.1 Å². The second-order valence-electron chi connectivity index (χ2n) is 5.96. The Morgan fingerprint density at radius 3 is 2.81 bits per heavy atom. The van der Waals surface area contributed by atoms with Crippen LogP contribution in [0.2, 0.25) is 0 Å². The molecule has 3 heteroatoms. The summed E-state index contributed by atoms with van der Waals surface area (Å²) in [6, 6.07) is 13.8. The maximum absolute atomic E-state index is 4.76. The fourth-order valence-electron chi connectivity index (χ4n) is 2.89. The van der Waals surface area contributed by atoms with Crippen molar-refractivity contribution in [2.45, 2.75) is 38.8 Å². The number of pyridine rings is 1. The molecule has 1 aliphatic carbocycles. The van der Waals surface area contributed by atoms with Crippen molar-refractivity contribution in [1.29, 1.82) is 0 Å². The van der Waals surface area contributed by atoms with Crippen molar-refractivity contribution in [2.75, 3.05) is 19.6 Å². The molecular formula is C18H25N3. The van der Waals surface area contributed by atoms with E-state index >= 15 is 0 Å². The normalized spacial score (nSPS) is 16.5. The number of para-hydroxylation sites is 1. The first-order chi connectivity index (χ1) is 10.3. The van der Waals surface area contributed by atoms with Gasteiger partial charge in [0.25, 0.3) is 0 Å². The number of benzene rings is 1. The predicted molar refractivity (Wildman–Crippen MR) is 88.4 cm³/mol. The molecule has 0 amide bonds. The van der Waals surface area contributed by atoms with Crippen LogP contribution >= 0.6 is 0 Å². The first-order valence-corrected chi connectivity index (χ1v) is 8.11. The van der Waals surface area contributed by atoms with Crippen LogP contribution in [0, 0.1) is 0 Å². The molecule has 3 rings (SSSR count). The van der Waals surface area contributed by atoms with Crippen molar-refractivity contribution in [2.24, 2.45) is 0 Å². The van der Waals surface area contributed by atoms with Gasteiger partial charge in [0.1, 0.15) is 0 Å². The van der Waals surface area contributed by atoms with Gasteiger partial charge in [-0.2, -0.15) is 0 Å². The average molecular weight is 283 g/mol. The minimum atomic E-state index is 0.299. The predicted octanol–water partition coefficient (Wildman–Crippen LogP) is 3.37. The first-order valence-electron chi connectivity index (χ1n) is 8.11. The van der Waals surface area contributed by atoms with Crippen LogP contribution in [0.25, 0.3) is 10.9 Å². The van der Waals surface area contributed by atoms with Gasteiger partial charge < -0.3 is 5.32 Å². The molecule has 21 heavy (non-hydrogen) atoms. The highest BCUT2D eigenvalue weighted by atomic mass is 15.2. The lowest BCUT2D eigenvalue weighted by atomic mass is 10.1. The number of rotatable bonds is 7. The fraction of sp³-hybridized carbons (Fsp3) is 0.500. The standard InChI is InChI=1S/C18H25N3/c1-3-21(16-9-10-16)13-12-19-14(2)17-11-8-15-6-4-5-7-18(15)20-17/h4-8,11,14,16,19H,3,9-10,12-13H2,1-2H3. The van der Waals surface area contributed by atoms with Crippen LogP contribution in [-0.2, 0) is 0 Å². The minimum absolute atomic E-state index is 0.299. The van der Waals surface area contributed by atoms with E-state index in [1.807, 2.05) is 6.07 Å². The summed E-state index contributed by atoms with van der Waals surface area (Å²) < 4.78 is 0. The molecule has 1 heterocycles. The van der Waals surface area contributed by atoms with Crippen LogP contribution < -0.4 is 5.32 Å². The summed E-state index contributed by atoms with van der Waals surface area (Å²) in [5.74, 6) is 0. The van der Waals surface area contributed by atoms with E-state index in [2.05, 4.69) is 54.4 Å². The lowest BCUT2D eigenvalue weighted by molar-refractivity contribution is 0.273. The summed E-state index contributed by atoms with van der Waals surface area (Å²) in [7, 11) is 0. The molecule has 0 aliphatic heterocycles. The Hall–Kier alpha value is -1.45. The number of fused-ring (bicyclic) bond motifs is 1. The summed E-state index contributed by atoms with van der Waals surface area (Å²) in [4.78, 5) is 7.34. The zero-order valence-electron chi connectivity index (χ0n) is 13.0. The average Bonchev–Trinajstić information content (AvgIpc) is 3.35. The molecule has 3 nitrogen and oxygen atoms in total. The number of nitrogens with zero attached hydrogens (tertiary/aromatic N) is 2. The van der Waals surface area contributed by atoms with Gasteiger partial charge in [0.15, 0.2) is 0 Å². The molecule has 1 aromatic carbocycles. The summed E-state index contributed by atoms with van der Waals surface area (Å²) in [5, 5.41) is 4.81. The highest BCUT2D eigenvalue weighted by Crippen LogP contribution is 2.26. The quantitative estimate of drug-likeness (QED) is 0.844. The molecule has 1 N–H and O–H groups in total. The Labute approximate surface area is 127 Å². The molecule has 1 fully saturated rings. The number of nitrogens with one attached hydrogen (secondary N) is 1. The highest BCUT2D eigenvalue weighted by Gasteiger charge is 2.27. The fourth-order valence-corrected chi connectivity index (χ4v) is 2.89. The Bertz CT molecular complexity index is 592. The van der Waals surface area contributed by atoms with Gasteiger partial charge in [-0.3, -0.25) is 9.88 Å². The van der Waals surface area contributed by atoms with E-state index in [0.29, 0.717) is 6.04 Å². The van der Waals surface area contributed by atoms with Crippen molar-refractivity contribution in [3.63, 3.8) is 0 Å². The Morgan fingerprint density at radius 2 is 2.05 bits per heavy atom. The molecule has 1 unspecified atom stereocenters. The molecule has 2 aromatic rings. The van der Waals surface area contributed by atoms with Crippen molar-refractivity contribution in [1.82, 2.24) is 15.2 Å². The maximum Gasteiger partial charge on any atom is 0.0706 e. The monoisotopic (exact) mass is 283 g/mol. The summed E-state index contributed by atoms with van der Waals surface area (Å²) in [6.07, 6.45) is 2.77. The topological polar surface area (TPSA) is 28.2 Å². The summed E-state index contributed by atoms with van der Waals surface area (Å²) >= 11 is 0. The molecule has 1 saturated carbocycles. The SMILES string of the molecule is CCN(CCNC(C)c1ccc2ccccc2n1)C1CC1. The van der Waals surface area contributed by atoms with E-state index in [1.54, 1.807) is 0 Å². The van der Waals surface area contributed by atoms with Gasteiger partial charge in [0.05, 0.1) is 11.2 Å². The van der Waals surface area contributed by atoms with Gasteiger partial charge in [-0.15, -0.1) is 0 Å². The van der Waals surface area contributed by atoms with Crippen LogP contribution in [0.4, 0.5) is 0 Å². The zero-order valence-corrected chi connectivity index (χ0v) is 13.0. The third-order valence-electron chi connectivity index (χ3n) is 4.38. The van der Waals surface area contributed by atoms with Crippen LogP contribution in [0.1, 0.15) is 38.4 Å². The molecule has 0 radical (unpaired) electrons. The van der Waals surface area contributed by atoms with Gasteiger partial charge in [-0.1, -0.05) is 31.2 Å². The van der Waals surface area contributed by atoms with Crippen LogP contribution in [0.3, 0.4) is 0 Å². The lowest BCUT2D eigenvalue weighted by Gasteiger charge is -2.21. The van der Waals surface area contributed by atoms with Gasteiger partial charge in [0.2, 0.25) is 0 Å². The van der Waals surface area contributed by atoms with Crippen molar-refractivity contribution in [3.8, 4) is 0 Å². The minimum Gasteiger partial charge on any atom is -0.308 e. The van der Waals surface area contributed by atoms with Gasteiger partial charge in [0, 0.05) is 30.6 Å². The van der Waals surface area contributed by atoms with Gasteiger partial charge in [-0.25, -0.2) is 0 Å². The molecule has 0 spiro atoms. The second-order valence-corrected chi connectivity index (χ2v) is 5.96. The van der Waals surface area contributed by atoms with E-state index in [0.717, 1.165) is 36.9 Å². The molecule has 0 bridgehead atoms. The van der Waals surface area contributed by atoms with E-state index in [4.69, 9.17) is 4.98 Å². The summed E-state index contributed by atoms with van der Waals surface area (Å²) in [5.41, 5.74) is 2.21. The van der Waals surface area contributed by atoms with E-state index in [1.165, 1.54) is 18.2 Å². The lowest BCUT2D eigenvalue weighted by Crippen LogP contribution is -2.34. The third kappa shape index (κ3) is 3.60. The molecule has 112 valence electrons. The largest absolute Gasteiger partial charge is 0.308 e. The summed E-state index contributed by atoms with van der Waals surface area (Å²) in [6.45, 7) is 7.78. The Balaban J connectivity index is 1.57. The van der Waals surface area contributed by atoms with Crippen molar-refractivity contribution >= 4 is 10.9 Å². The van der Waals surface area contributed by atoms with E-state index in [9.17, 15) is 0 Å². The second kappa shape index (κ2) is 6.54. The first kappa shape index (κ1) is 14.5. The smallest absolute Gasteiger partial charge is 0.0706 e. The highest BCUT2D eigenvalue weighted by molar-refractivity contribution is 5.78. The van der Waals surface area contributed by atoms with Crippen LogP contribution in [0.15, 0.2) is 36.4 Å². The molecule has 1 atom stereocenters. The van der Waals surface area contributed by atoms with Crippen LogP contribution in [-0.4, -0.2) is 35.6 Å². The Morgan fingerprint density at radius 1 is 1.24 bits per heavy atom. The number of hydrogen-bond acceptors (Lipinski definition) is 3. The molecule has 0 saturated heterocycles. The molecular weight excluding hydrogens is 258 g/mol. The number of hydrogen-bond donors (Lipinski definition) is 1. The Kier molecular flexibility index (Phi) is 4.51. The zero-order chi connectivity index (χ0) is 14.7. The number of aromatic nitrogens is 1. The van der Waals surface area contributed by atoms with Crippen LogP contribution in [0.5, 0.6) is 0 Å². The maximum atomic E-state index is 4.76. The van der Waals surface area contributed by atoms with E-state index in [-0.39, 0.29) is 0 Å². The number of likely N-dealkylation sites (N-methyl/N-ethyl adjacent to an activating group) is 1. The molecule has 1 aromatic heterocycles. The van der Waals surface area contributed by atoms with Gasteiger partial charge >= 0.3 is 0 Å². The molecule has 1 aliphatic rings. The van der Waals surface area contributed by atoms with Crippen molar-refractivity contribution < 1.29 is 0 Å². The third-order valence-corrected chi connectivity index (χ3v) is 4.38. The van der Waals surface area contributed by atoms with E-state index < -0.39 is 0 Å².